The second kappa shape index (κ2) is 5.19. The molecule has 1 aromatic heterocycles. The molecule has 98 valence electrons. The smallest absolute Gasteiger partial charge is 0.170 e. The number of thioether (sulfide) groups is 1. The van der Waals surface area contributed by atoms with Crippen LogP contribution in [0.1, 0.15) is 23.3 Å². The zero-order valence-corrected chi connectivity index (χ0v) is 11.4. The third kappa shape index (κ3) is 2.57. The van der Waals surface area contributed by atoms with Crippen LogP contribution in [0.15, 0.2) is 35.2 Å². The van der Waals surface area contributed by atoms with Crippen LogP contribution in [0.5, 0.6) is 5.75 Å². The van der Waals surface area contributed by atoms with E-state index >= 15 is 0 Å². The molecule has 0 saturated heterocycles. The average Bonchev–Trinajstić information content (AvgIpc) is 2.46. The van der Waals surface area contributed by atoms with Gasteiger partial charge in [-0.3, -0.25) is 0 Å². The van der Waals surface area contributed by atoms with Crippen LogP contribution in [-0.2, 0) is 6.61 Å². The molecule has 1 aliphatic heterocycles. The minimum atomic E-state index is -0.162. The van der Waals surface area contributed by atoms with Crippen LogP contribution < -0.4 is 4.74 Å². The molecule has 0 bridgehead atoms. The van der Waals surface area contributed by atoms with Gasteiger partial charge in [-0.2, -0.15) is 0 Å². The molecule has 0 spiro atoms. The van der Waals surface area contributed by atoms with Gasteiger partial charge < -0.3 is 9.84 Å². The number of ether oxygens (including phenoxy) is 1. The molecule has 0 fully saturated rings. The minimum absolute atomic E-state index is 0.0766. The van der Waals surface area contributed by atoms with Crippen molar-refractivity contribution in [3.63, 3.8) is 0 Å². The maximum atomic E-state index is 9.21. The number of aliphatic hydroxyl groups excluding tert-OH is 1. The molecule has 0 saturated carbocycles. The molecule has 1 atom stereocenters. The monoisotopic (exact) mass is 274 g/mol. The number of fused-ring (bicyclic) bond motifs is 1. The number of nitrogens with zero attached hydrogens (tertiary/aromatic N) is 2. The van der Waals surface area contributed by atoms with E-state index in [9.17, 15) is 5.11 Å². The fourth-order valence-corrected chi connectivity index (χ4v) is 3.01. The summed E-state index contributed by atoms with van der Waals surface area (Å²) < 4.78 is 5.94. The lowest BCUT2D eigenvalue weighted by Crippen LogP contribution is -2.18. The Hall–Kier alpha value is -1.59. The van der Waals surface area contributed by atoms with E-state index in [0.717, 1.165) is 22.1 Å². The summed E-state index contributed by atoms with van der Waals surface area (Å²) in [5.41, 5.74) is 1.48. The summed E-state index contributed by atoms with van der Waals surface area (Å²) in [5, 5.41) is 9.21. The molecule has 1 N–H and O–H groups in total. The molecular weight excluding hydrogens is 260 g/mol. The van der Waals surface area contributed by atoms with Gasteiger partial charge >= 0.3 is 0 Å². The van der Waals surface area contributed by atoms with Crippen LogP contribution in [-0.4, -0.2) is 20.8 Å². The van der Waals surface area contributed by atoms with Crippen molar-refractivity contribution in [1.82, 2.24) is 9.97 Å². The molecule has 1 unspecified atom stereocenters. The Morgan fingerprint density at radius 2 is 2.21 bits per heavy atom. The number of rotatable bonds is 2. The highest BCUT2D eigenvalue weighted by molar-refractivity contribution is 7.99. The number of benzene rings is 1. The van der Waals surface area contributed by atoms with Gasteiger partial charge in [-0.25, -0.2) is 9.97 Å². The first-order chi connectivity index (χ1) is 9.26. The Bertz CT molecular complexity index is 604. The van der Waals surface area contributed by atoms with Gasteiger partial charge in [0.05, 0.1) is 12.3 Å². The average molecular weight is 274 g/mol. The Morgan fingerprint density at radius 1 is 1.37 bits per heavy atom. The normalized spacial score (nSPS) is 17.7. The number of hydrogen-bond donors (Lipinski definition) is 1. The first-order valence-corrected chi connectivity index (χ1v) is 7.08. The Balaban J connectivity index is 1.90. The third-order valence-corrected chi connectivity index (χ3v) is 4.00. The number of hydrogen-bond acceptors (Lipinski definition) is 5. The number of aromatic nitrogens is 2. The van der Waals surface area contributed by atoms with Crippen LogP contribution in [0.2, 0.25) is 0 Å². The van der Waals surface area contributed by atoms with E-state index < -0.39 is 0 Å². The Kier molecular flexibility index (Phi) is 3.40. The third-order valence-electron chi connectivity index (χ3n) is 2.88. The summed E-state index contributed by atoms with van der Waals surface area (Å²) in [6.07, 6.45) is -0.162. The van der Waals surface area contributed by atoms with Gasteiger partial charge in [0.2, 0.25) is 0 Å². The molecule has 2 heterocycles. The Morgan fingerprint density at radius 3 is 3.05 bits per heavy atom. The van der Waals surface area contributed by atoms with Crippen molar-refractivity contribution in [3.8, 4) is 5.75 Å². The lowest BCUT2D eigenvalue weighted by Gasteiger charge is -2.24. The van der Waals surface area contributed by atoms with Crippen LogP contribution in [0, 0.1) is 6.92 Å². The van der Waals surface area contributed by atoms with Crippen LogP contribution in [0.25, 0.3) is 0 Å². The van der Waals surface area contributed by atoms with Crippen molar-refractivity contribution in [1.29, 1.82) is 0 Å². The predicted octanol–water partition coefficient (Wildman–Crippen LogP) is 2.50. The molecule has 3 rings (SSSR count). The summed E-state index contributed by atoms with van der Waals surface area (Å²) in [4.78, 5) is 9.91. The number of aliphatic hydroxyl groups is 1. The highest BCUT2D eigenvalue weighted by Gasteiger charge is 2.24. The zero-order valence-electron chi connectivity index (χ0n) is 10.5. The van der Waals surface area contributed by atoms with Crippen molar-refractivity contribution in [2.45, 2.75) is 24.5 Å². The molecule has 0 radical (unpaired) electrons. The summed E-state index contributed by atoms with van der Waals surface area (Å²) in [7, 11) is 0. The SMILES string of the molecule is Cc1cc(CO)nc(C2CSc3ccccc3O2)n1. The predicted molar refractivity (Wildman–Crippen MR) is 73.2 cm³/mol. The molecule has 2 aromatic rings. The van der Waals surface area contributed by atoms with E-state index in [-0.39, 0.29) is 12.7 Å². The van der Waals surface area contributed by atoms with E-state index in [1.807, 2.05) is 31.2 Å². The first-order valence-electron chi connectivity index (χ1n) is 6.10. The van der Waals surface area contributed by atoms with Gasteiger partial charge in [-0.05, 0) is 25.1 Å². The van der Waals surface area contributed by atoms with Crippen molar-refractivity contribution >= 4 is 11.8 Å². The summed E-state index contributed by atoms with van der Waals surface area (Å²) in [6, 6.07) is 9.75. The van der Waals surface area contributed by atoms with Gasteiger partial charge in [-0.15, -0.1) is 11.8 Å². The Labute approximate surface area is 115 Å². The zero-order chi connectivity index (χ0) is 13.2. The van der Waals surface area contributed by atoms with E-state index in [0.29, 0.717) is 11.5 Å². The maximum absolute atomic E-state index is 9.21. The quantitative estimate of drug-likeness (QED) is 0.912. The second-order valence-corrected chi connectivity index (χ2v) is 5.44. The van der Waals surface area contributed by atoms with Gasteiger partial charge in [0.25, 0.3) is 0 Å². The maximum Gasteiger partial charge on any atom is 0.170 e. The second-order valence-electron chi connectivity index (χ2n) is 4.38. The summed E-state index contributed by atoms with van der Waals surface area (Å²) in [5.74, 6) is 2.30. The molecule has 1 aromatic carbocycles. The van der Waals surface area contributed by atoms with Gasteiger partial charge in [0.1, 0.15) is 5.75 Å². The standard InChI is InChI=1S/C14H14N2O2S/c1-9-6-10(7-17)16-14(15-9)12-8-19-13-5-3-2-4-11(13)18-12/h2-6,12,17H,7-8H2,1H3. The van der Waals surface area contributed by atoms with Crippen molar-refractivity contribution in [2.75, 3.05) is 5.75 Å². The van der Waals surface area contributed by atoms with E-state index in [2.05, 4.69) is 9.97 Å². The fraction of sp³-hybridized carbons (Fsp3) is 0.286. The lowest BCUT2D eigenvalue weighted by molar-refractivity contribution is 0.208. The molecule has 0 aliphatic carbocycles. The molecule has 19 heavy (non-hydrogen) atoms. The van der Waals surface area contributed by atoms with Crippen LogP contribution in [0.3, 0.4) is 0 Å². The lowest BCUT2D eigenvalue weighted by atomic mass is 10.3. The first kappa shape index (κ1) is 12.4. The van der Waals surface area contributed by atoms with E-state index in [1.165, 1.54) is 0 Å². The largest absolute Gasteiger partial charge is 0.480 e. The fourth-order valence-electron chi connectivity index (χ4n) is 2.03. The van der Waals surface area contributed by atoms with Crippen LogP contribution >= 0.6 is 11.8 Å². The van der Waals surface area contributed by atoms with Gasteiger partial charge in [-0.1, -0.05) is 12.1 Å². The molecule has 1 aliphatic rings. The van der Waals surface area contributed by atoms with Gasteiger partial charge in [0.15, 0.2) is 11.9 Å². The topological polar surface area (TPSA) is 55.2 Å². The van der Waals surface area contributed by atoms with Crippen molar-refractivity contribution < 1.29 is 9.84 Å². The number of aryl methyl sites for hydroxylation is 1. The summed E-state index contributed by atoms with van der Waals surface area (Å²) >= 11 is 1.74. The van der Waals surface area contributed by atoms with E-state index in [1.54, 1.807) is 17.8 Å². The van der Waals surface area contributed by atoms with Crippen molar-refractivity contribution in [3.05, 3.63) is 47.5 Å². The highest BCUT2D eigenvalue weighted by atomic mass is 32.2. The van der Waals surface area contributed by atoms with E-state index in [4.69, 9.17) is 4.74 Å². The molecule has 0 amide bonds. The minimum Gasteiger partial charge on any atom is -0.480 e. The molecule has 5 heteroatoms. The highest BCUT2D eigenvalue weighted by Crippen LogP contribution is 2.39. The van der Waals surface area contributed by atoms with Crippen LogP contribution in [0.4, 0.5) is 0 Å². The number of para-hydroxylation sites is 1. The van der Waals surface area contributed by atoms with Crippen molar-refractivity contribution in [2.24, 2.45) is 0 Å². The molecule has 4 nitrogen and oxygen atoms in total. The van der Waals surface area contributed by atoms with Gasteiger partial charge in [0, 0.05) is 16.3 Å². The molecular formula is C14H14N2O2S. The summed E-state index contributed by atoms with van der Waals surface area (Å²) in [6.45, 7) is 1.82.